The fraction of sp³-hybridized carbons (Fsp3) is 0.667. The molecule has 0 bridgehead atoms. The van der Waals surface area contributed by atoms with Crippen molar-refractivity contribution in [2.75, 3.05) is 19.8 Å². The summed E-state index contributed by atoms with van der Waals surface area (Å²) in [7, 11) is 0. The molecule has 0 aromatic carbocycles. The molecular formula is C9H13ClO4. The average molecular weight is 221 g/mol. The summed E-state index contributed by atoms with van der Waals surface area (Å²) in [4.78, 5) is 11.1. The second kappa shape index (κ2) is 6.01. The van der Waals surface area contributed by atoms with Crippen LogP contribution in [0.5, 0.6) is 0 Å². The first kappa shape index (κ1) is 11.5. The molecule has 0 aromatic rings. The summed E-state index contributed by atoms with van der Waals surface area (Å²) in [6.45, 7) is 3.03. The molecule has 1 saturated heterocycles. The second-order valence-corrected chi connectivity index (χ2v) is 3.17. The fourth-order valence-electron chi connectivity index (χ4n) is 0.963. The zero-order valence-corrected chi connectivity index (χ0v) is 8.75. The minimum atomic E-state index is -0.549. The Morgan fingerprint density at radius 3 is 2.79 bits per heavy atom. The summed E-state index contributed by atoms with van der Waals surface area (Å²) in [6.07, 6.45) is 1.90. The molecule has 0 N–H and O–H groups in total. The monoisotopic (exact) mass is 220 g/mol. The van der Waals surface area contributed by atoms with Gasteiger partial charge in [-0.05, 0) is 13.3 Å². The Morgan fingerprint density at radius 1 is 1.57 bits per heavy atom. The van der Waals surface area contributed by atoms with Gasteiger partial charge in [0, 0.05) is 0 Å². The quantitative estimate of drug-likeness (QED) is 0.533. The molecule has 14 heavy (non-hydrogen) atoms. The topological polar surface area (TPSA) is 44.8 Å². The highest BCUT2D eigenvalue weighted by Gasteiger charge is 2.17. The summed E-state index contributed by atoms with van der Waals surface area (Å²) in [5.74, 6) is -0.549. The van der Waals surface area contributed by atoms with Crippen LogP contribution in [0.4, 0.5) is 0 Å². The molecule has 0 aromatic heterocycles. The third-order valence-electron chi connectivity index (χ3n) is 1.70. The van der Waals surface area contributed by atoms with E-state index in [4.69, 9.17) is 25.8 Å². The number of hydrogen-bond donors (Lipinski definition) is 0. The van der Waals surface area contributed by atoms with Crippen molar-refractivity contribution in [3.05, 3.63) is 11.1 Å². The van der Waals surface area contributed by atoms with Gasteiger partial charge in [0.2, 0.25) is 0 Å². The van der Waals surface area contributed by atoms with Gasteiger partial charge in [-0.3, -0.25) is 0 Å². The number of ether oxygens (including phenoxy) is 3. The molecule has 0 unspecified atom stereocenters. The number of carbonyl (C=O) groups is 1. The van der Waals surface area contributed by atoms with E-state index in [1.165, 1.54) is 6.08 Å². The van der Waals surface area contributed by atoms with E-state index in [0.29, 0.717) is 13.2 Å². The van der Waals surface area contributed by atoms with E-state index in [9.17, 15) is 4.79 Å². The highest BCUT2D eigenvalue weighted by atomic mass is 35.5. The molecule has 1 aliphatic heterocycles. The molecule has 80 valence electrons. The van der Waals surface area contributed by atoms with Crippen LogP contribution in [0.25, 0.3) is 0 Å². The van der Waals surface area contributed by atoms with Crippen LogP contribution in [0, 0.1) is 0 Å². The van der Waals surface area contributed by atoms with Crippen molar-refractivity contribution in [2.24, 2.45) is 0 Å². The molecule has 0 spiro atoms. The molecule has 0 aliphatic carbocycles. The van der Waals surface area contributed by atoms with Gasteiger partial charge >= 0.3 is 5.97 Å². The van der Waals surface area contributed by atoms with Gasteiger partial charge in [0.1, 0.15) is 11.6 Å². The lowest BCUT2D eigenvalue weighted by atomic mass is 10.4. The van der Waals surface area contributed by atoms with Crippen LogP contribution in [0.3, 0.4) is 0 Å². The van der Waals surface area contributed by atoms with Gasteiger partial charge in [0.15, 0.2) is 6.29 Å². The third-order valence-corrected chi connectivity index (χ3v) is 2.07. The predicted octanol–water partition coefficient (Wildman–Crippen LogP) is 1.44. The van der Waals surface area contributed by atoms with Crippen molar-refractivity contribution >= 4 is 17.6 Å². The first-order valence-corrected chi connectivity index (χ1v) is 4.84. The molecule has 5 heteroatoms. The van der Waals surface area contributed by atoms with E-state index in [1.54, 1.807) is 6.92 Å². The summed E-state index contributed by atoms with van der Waals surface area (Å²) in [5, 5.41) is 0.0702. The van der Waals surface area contributed by atoms with E-state index >= 15 is 0 Å². The number of rotatable bonds is 3. The lowest BCUT2D eigenvalue weighted by Gasteiger charge is -2.22. The fourth-order valence-corrected chi connectivity index (χ4v) is 1.02. The Balaban J connectivity index is 2.22. The van der Waals surface area contributed by atoms with Gasteiger partial charge in [0.05, 0.1) is 13.2 Å². The molecule has 1 aliphatic rings. The number of halogens is 1. The van der Waals surface area contributed by atoms with Crippen molar-refractivity contribution in [3.8, 4) is 0 Å². The van der Waals surface area contributed by atoms with Gasteiger partial charge in [-0.2, -0.15) is 0 Å². The van der Waals surface area contributed by atoms with Gasteiger partial charge in [-0.15, -0.1) is 0 Å². The summed E-state index contributed by atoms with van der Waals surface area (Å²) in [5.41, 5.74) is 0. The Kier molecular flexibility index (Phi) is 4.93. The van der Waals surface area contributed by atoms with E-state index in [2.05, 4.69) is 0 Å². The molecule has 0 amide bonds. The van der Waals surface area contributed by atoms with E-state index < -0.39 is 12.3 Å². The van der Waals surface area contributed by atoms with Crippen LogP contribution in [0.2, 0.25) is 0 Å². The predicted molar refractivity (Wildman–Crippen MR) is 50.9 cm³/mol. The molecule has 0 atom stereocenters. The van der Waals surface area contributed by atoms with Crippen molar-refractivity contribution in [1.82, 2.24) is 0 Å². The van der Waals surface area contributed by atoms with E-state index in [-0.39, 0.29) is 11.6 Å². The zero-order chi connectivity index (χ0) is 10.4. The second-order valence-electron chi connectivity index (χ2n) is 2.76. The molecular weight excluding hydrogens is 208 g/mol. The minimum absolute atomic E-state index is 0.0702. The van der Waals surface area contributed by atoms with Gasteiger partial charge in [-0.1, -0.05) is 17.7 Å². The first-order valence-electron chi connectivity index (χ1n) is 4.46. The van der Waals surface area contributed by atoms with Crippen LogP contribution in [-0.2, 0) is 19.0 Å². The number of hydrogen-bond acceptors (Lipinski definition) is 4. The number of carbonyl (C=O) groups excluding carboxylic acids is 1. The third kappa shape index (κ3) is 3.65. The summed E-state index contributed by atoms with van der Waals surface area (Å²) in [6, 6.07) is 0. The highest BCUT2D eigenvalue weighted by molar-refractivity contribution is 6.41. The Labute approximate surface area is 87.8 Å². The van der Waals surface area contributed by atoms with Crippen LogP contribution in [0.15, 0.2) is 11.1 Å². The number of esters is 1. The standard InChI is InChI=1S/C9H13ClO4/c1-2-7(10)9(11)14-6-8-12-4-3-5-13-8/h2,8H,3-6H2,1H3/b7-2-. The molecule has 1 heterocycles. The maximum Gasteiger partial charge on any atom is 0.349 e. The minimum Gasteiger partial charge on any atom is -0.456 e. The average Bonchev–Trinajstić information content (AvgIpc) is 2.26. The van der Waals surface area contributed by atoms with E-state index in [0.717, 1.165) is 6.42 Å². The normalized spacial score (nSPS) is 19.4. The Bertz CT molecular complexity index is 221. The maximum absolute atomic E-state index is 11.1. The molecule has 0 radical (unpaired) electrons. The van der Waals surface area contributed by atoms with Crippen LogP contribution in [-0.4, -0.2) is 32.1 Å². The molecule has 4 nitrogen and oxygen atoms in total. The molecule has 1 rings (SSSR count). The van der Waals surface area contributed by atoms with Crippen LogP contribution >= 0.6 is 11.6 Å². The van der Waals surface area contributed by atoms with Crippen molar-refractivity contribution < 1.29 is 19.0 Å². The Morgan fingerprint density at radius 2 is 2.21 bits per heavy atom. The molecule has 1 fully saturated rings. The van der Waals surface area contributed by atoms with Gasteiger partial charge in [-0.25, -0.2) is 4.79 Å². The smallest absolute Gasteiger partial charge is 0.349 e. The first-order chi connectivity index (χ1) is 6.74. The van der Waals surface area contributed by atoms with E-state index in [1.807, 2.05) is 0 Å². The number of allylic oxidation sites excluding steroid dienone is 1. The molecule has 0 saturated carbocycles. The van der Waals surface area contributed by atoms with Crippen molar-refractivity contribution in [1.29, 1.82) is 0 Å². The Hall–Kier alpha value is -0.580. The van der Waals surface area contributed by atoms with Crippen molar-refractivity contribution in [2.45, 2.75) is 19.6 Å². The lowest BCUT2D eigenvalue weighted by Crippen LogP contribution is -2.30. The largest absolute Gasteiger partial charge is 0.456 e. The lowest BCUT2D eigenvalue weighted by molar-refractivity contribution is -0.203. The SMILES string of the molecule is C/C=C(\Cl)C(=O)OCC1OCCCO1. The van der Waals surface area contributed by atoms with Crippen LogP contribution in [0.1, 0.15) is 13.3 Å². The highest BCUT2D eigenvalue weighted by Crippen LogP contribution is 2.08. The maximum atomic E-state index is 11.1. The summed E-state index contributed by atoms with van der Waals surface area (Å²) < 4.78 is 15.2. The van der Waals surface area contributed by atoms with Crippen LogP contribution < -0.4 is 0 Å². The zero-order valence-electron chi connectivity index (χ0n) is 7.99. The van der Waals surface area contributed by atoms with Crippen molar-refractivity contribution in [3.63, 3.8) is 0 Å². The summed E-state index contributed by atoms with van der Waals surface area (Å²) >= 11 is 5.54. The van der Waals surface area contributed by atoms with Gasteiger partial charge < -0.3 is 14.2 Å². The van der Waals surface area contributed by atoms with Gasteiger partial charge in [0.25, 0.3) is 0 Å².